The summed E-state index contributed by atoms with van der Waals surface area (Å²) in [6.07, 6.45) is 1.44. The highest BCUT2D eigenvalue weighted by molar-refractivity contribution is 7.91. The minimum absolute atomic E-state index is 0.0662. The first-order valence-electron chi connectivity index (χ1n) is 7.82. The topological polar surface area (TPSA) is 66.5 Å². The molecule has 2 aromatic heterocycles. The van der Waals surface area contributed by atoms with Crippen molar-refractivity contribution < 1.29 is 13.2 Å². The van der Waals surface area contributed by atoms with Crippen molar-refractivity contribution in [2.75, 3.05) is 13.1 Å². The maximum absolute atomic E-state index is 12.7. The molecular formula is C16H20N2O3S3. The van der Waals surface area contributed by atoms with Crippen LogP contribution in [-0.2, 0) is 21.4 Å². The highest BCUT2D eigenvalue weighted by atomic mass is 32.2. The Balaban J connectivity index is 1.64. The Morgan fingerprint density at radius 3 is 2.88 bits per heavy atom. The van der Waals surface area contributed by atoms with Crippen molar-refractivity contribution in [3.63, 3.8) is 0 Å². The Kier molecular flexibility index (Phi) is 5.39. The number of nitrogens with one attached hydrogen (secondary N) is 1. The van der Waals surface area contributed by atoms with Gasteiger partial charge in [0.05, 0.1) is 5.92 Å². The van der Waals surface area contributed by atoms with Gasteiger partial charge in [0.25, 0.3) is 10.0 Å². The number of sulfonamides is 1. The number of rotatable bonds is 5. The monoisotopic (exact) mass is 384 g/mol. The van der Waals surface area contributed by atoms with E-state index in [2.05, 4.69) is 5.32 Å². The van der Waals surface area contributed by atoms with Gasteiger partial charge in [0.1, 0.15) is 4.21 Å². The summed E-state index contributed by atoms with van der Waals surface area (Å²) in [7, 11) is -3.49. The Bertz CT molecular complexity index is 796. The van der Waals surface area contributed by atoms with Crippen LogP contribution < -0.4 is 5.32 Å². The molecule has 24 heavy (non-hydrogen) atoms. The van der Waals surface area contributed by atoms with Gasteiger partial charge in [0.2, 0.25) is 5.91 Å². The van der Waals surface area contributed by atoms with Gasteiger partial charge in [0.15, 0.2) is 0 Å². The van der Waals surface area contributed by atoms with Crippen LogP contribution in [0.3, 0.4) is 0 Å². The number of hydrogen-bond acceptors (Lipinski definition) is 5. The number of amides is 1. The zero-order valence-electron chi connectivity index (χ0n) is 13.4. The Morgan fingerprint density at radius 2 is 2.21 bits per heavy atom. The van der Waals surface area contributed by atoms with Crippen molar-refractivity contribution in [3.8, 4) is 0 Å². The highest BCUT2D eigenvalue weighted by Gasteiger charge is 2.33. The summed E-state index contributed by atoms with van der Waals surface area (Å²) in [6, 6.07) is 5.43. The van der Waals surface area contributed by atoms with Gasteiger partial charge in [-0.3, -0.25) is 4.79 Å². The average molecular weight is 385 g/mol. The molecule has 0 aliphatic carbocycles. The van der Waals surface area contributed by atoms with Crippen LogP contribution in [0.25, 0.3) is 0 Å². The average Bonchev–Trinajstić information content (AvgIpc) is 3.24. The highest BCUT2D eigenvalue weighted by Crippen LogP contribution is 2.28. The number of thiophene rings is 2. The smallest absolute Gasteiger partial charge is 0.252 e. The van der Waals surface area contributed by atoms with Crippen LogP contribution in [0.2, 0.25) is 0 Å². The largest absolute Gasteiger partial charge is 0.352 e. The molecule has 1 atom stereocenters. The van der Waals surface area contributed by atoms with Crippen molar-refractivity contribution >= 4 is 38.6 Å². The van der Waals surface area contributed by atoms with Gasteiger partial charge in [0, 0.05) is 24.5 Å². The zero-order valence-corrected chi connectivity index (χ0v) is 15.8. The predicted octanol–water partition coefficient (Wildman–Crippen LogP) is 2.84. The molecule has 1 amide bonds. The van der Waals surface area contributed by atoms with E-state index in [9.17, 15) is 13.2 Å². The molecule has 1 fully saturated rings. The molecule has 130 valence electrons. The second kappa shape index (κ2) is 7.35. The normalized spacial score (nSPS) is 19.3. The van der Waals surface area contributed by atoms with Gasteiger partial charge in [-0.05, 0) is 54.3 Å². The summed E-state index contributed by atoms with van der Waals surface area (Å²) in [6.45, 7) is 3.12. The summed E-state index contributed by atoms with van der Waals surface area (Å²) >= 11 is 2.87. The first-order chi connectivity index (χ1) is 11.5. The van der Waals surface area contributed by atoms with E-state index >= 15 is 0 Å². The van der Waals surface area contributed by atoms with E-state index in [1.54, 1.807) is 17.4 Å². The summed E-state index contributed by atoms with van der Waals surface area (Å²) in [4.78, 5) is 13.3. The molecule has 3 heterocycles. The minimum atomic E-state index is -3.49. The van der Waals surface area contributed by atoms with Gasteiger partial charge in [-0.25, -0.2) is 8.42 Å². The molecule has 1 aliphatic rings. The fourth-order valence-corrected chi connectivity index (χ4v) is 6.41. The van der Waals surface area contributed by atoms with E-state index in [-0.39, 0.29) is 18.4 Å². The van der Waals surface area contributed by atoms with Crippen LogP contribution in [0.15, 0.2) is 33.2 Å². The van der Waals surface area contributed by atoms with Crippen LogP contribution in [-0.4, -0.2) is 31.7 Å². The Morgan fingerprint density at radius 1 is 1.38 bits per heavy atom. The van der Waals surface area contributed by atoms with E-state index in [0.29, 0.717) is 23.7 Å². The summed E-state index contributed by atoms with van der Waals surface area (Å²) in [5, 5.41) is 6.89. The SMILES string of the molecule is Cc1ccc(S(=O)(=O)N2CCCC(C(=O)NCc3ccsc3)C2)s1. The lowest BCUT2D eigenvalue weighted by molar-refractivity contribution is -0.126. The molecular weight excluding hydrogens is 364 g/mol. The number of hydrogen-bond donors (Lipinski definition) is 1. The third kappa shape index (κ3) is 3.88. The van der Waals surface area contributed by atoms with Crippen molar-refractivity contribution in [1.82, 2.24) is 9.62 Å². The van der Waals surface area contributed by atoms with Crippen LogP contribution in [0.1, 0.15) is 23.3 Å². The van der Waals surface area contributed by atoms with Crippen molar-refractivity contribution in [1.29, 1.82) is 0 Å². The summed E-state index contributed by atoms with van der Waals surface area (Å²) in [5.41, 5.74) is 1.07. The van der Waals surface area contributed by atoms with E-state index in [0.717, 1.165) is 16.9 Å². The first-order valence-corrected chi connectivity index (χ1v) is 11.0. The number of piperidine rings is 1. The predicted molar refractivity (Wildman–Crippen MR) is 96.7 cm³/mol. The Labute approximate surface area is 150 Å². The molecule has 1 aliphatic heterocycles. The fraction of sp³-hybridized carbons (Fsp3) is 0.438. The lowest BCUT2D eigenvalue weighted by Gasteiger charge is -2.30. The summed E-state index contributed by atoms with van der Waals surface area (Å²) in [5.74, 6) is -0.350. The van der Waals surface area contributed by atoms with E-state index in [4.69, 9.17) is 0 Å². The molecule has 3 rings (SSSR count). The van der Waals surface area contributed by atoms with Gasteiger partial charge >= 0.3 is 0 Å². The number of carbonyl (C=O) groups is 1. The van der Waals surface area contributed by atoms with E-state index < -0.39 is 10.0 Å². The van der Waals surface area contributed by atoms with Crippen molar-refractivity contribution in [2.45, 2.75) is 30.5 Å². The maximum Gasteiger partial charge on any atom is 0.252 e. The van der Waals surface area contributed by atoms with Gasteiger partial charge in [-0.2, -0.15) is 15.6 Å². The molecule has 8 heteroatoms. The minimum Gasteiger partial charge on any atom is -0.352 e. The molecule has 1 saturated heterocycles. The summed E-state index contributed by atoms with van der Waals surface area (Å²) < 4.78 is 27.3. The number of aryl methyl sites for hydroxylation is 1. The van der Waals surface area contributed by atoms with Crippen molar-refractivity contribution in [2.24, 2.45) is 5.92 Å². The molecule has 5 nitrogen and oxygen atoms in total. The Hall–Kier alpha value is -1.22. The molecule has 1 unspecified atom stereocenters. The third-order valence-corrected chi connectivity index (χ3v) is 8.18. The van der Waals surface area contributed by atoms with E-state index in [1.807, 2.05) is 29.8 Å². The second-order valence-corrected chi connectivity index (χ2v) is 10.1. The molecule has 0 aromatic carbocycles. The second-order valence-electron chi connectivity index (χ2n) is 5.92. The lowest BCUT2D eigenvalue weighted by Crippen LogP contribution is -2.45. The standard InChI is InChI=1S/C16H20N2O3S3/c1-12-4-5-15(23-12)24(20,21)18-7-2-3-14(10-18)16(19)17-9-13-6-8-22-11-13/h4-6,8,11,14H,2-3,7,9-10H2,1H3,(H,17,19). The van der Waals surface area contributed by atoms with Gasteiger partial charge in [-0.1, -0.05) is 0 Å². The fourth-order valence-electron chi connectivity index (χ4n) is 2.78. The van der Waals surface area contributed by atoms with Crippen LogP contribution in [0.5, 0.6) is 0 Å². The molecule has 0 saturated carbocycles. The number of nitrogens with zero attached hydrogens (tertiary/aromatic N) is 1. The molecule has 2 aromatic rings. The molecule has 0 radical (unpaired) electrons. The first kappa shape index (κ1) is 17.6. The molecule has 1 N–H and O–H groups in total. The lowest BCUT2D eigenvalue weighted by atomic mass is 9.99. The van der Waals surface area contributed by atoms with Gasteiger partial charge < -0.3 is 5.32 Å². The maximum atomic E-state index is 12.7. The zero-order chi connectivity index (χ0) is 17.2. The third-order valence-electron chi connectivity index (χ3n) is 4.11. The van der Waals surface area contributed by atoms with E-state index in [1.165, 1.54) is 15.6 Å². The van der Waals surface area contributed by atoms with Crippen molar-refractivity contribution in [3.05, 3.63) is 39.4 Å². The quantitative estimate of drug-likeness (QED) is 0.862. The molecule has 0 bridgehead atoms. The molecule has 0 spiro atoms. The van der Waals surface area contributed by atoms with Crippen LogP contribution in [0.4, 0.5) is 0 Å². The van der Waals surface area contributed by atoms with Gasteiger partial charge in [-0.15, -0.1) is 11.3 Å². The number of carbonyl (C=O) groups excluding carboxylic acids is 1. The van der Waals surface area contributed by atoms with Crippen LogP contribution >= 0.6 is 22.7 Å². The van der Waals surface area contributed by atoms with Crippen LogP contribution in [0, 0.1) is 12.8 Å².